The van der Waals surface area contributed by atoms with Crippen LogP contribution in [0.25, 0.3) is 11.3 Å². The molecule has 7 heteroatoms. The van der Waals surface area contributed by atoms with E-state index in [-0.39, 0.29) is 12.5 Å². The van der Waals surface area contributed by atoms with E-state index in [0.717, 1.165) is 22.6 Å². The summed E-state index contributed by atoms with van der Waals surface area (Å²) in [5, 5.41) is 7.74. The first-order chi connectivity index (χ1) is 12.6. The van der Waals surface area contributed by atoms with Crippen LogP contribution in [0.3, 0.4) is 0 Å². The number of aromatic nitrogens is 2. The smallest absolute Gasteiger partial charge is 0.276 e. The first kappa shape index (κ1) is 16.5. The van der Waals surface area contributed by atoms with E-state index in [4.69, 9.17) is 21.1 Å². The minimum atomic E-state index is -0.342. The summed E-state index contributed by atoms with van der Waals surface area (Å²) in [4.78, 5) is 12.8. The normalized spacial score (nSPS) is 12.0. The molecule has 0 bridgehead atoms. The van der Waals surface area contributed by atoms with E-state index in [1.807, 2.05) is 31.3 Å². The molecular weight excluding hydrogens is 354 g/mol. The third-order valence-electron chi connectivity index (χ3n) is 4.28. The highest BCUT2D eigenvalue weighted by atomic mass is 35.5. The third-order valence-corrected chi connectivity index (χ3v) is 4.52. The van der Waals surface area contributed by atoms with Crippen LogP contribution in [-0.2, 0) is 13.7 Å². The molecule has 1 amide bonds. The summed E-state index contributed by atoms with van der Waals surface area (Å²) in [6.07, 6.45) is 0. The summed E-state index contributed by atoms with van der Waals surface area (Å²) in [6, 6.07) is 12.7. The number of hydrogen-bond acceptors (Lipinski definition) is 4. The Morgan fingerprint density at radius 1 is 1.31 bits per heavy atom. The Balaban J connectivity index is 1.73. The van der Waals surface area contributed by atoms with Crippen molar-refractivity contribution in [2.75, 3.05) is 12.4 Å². The van der Waals surface area contributed by atoms with Gasteiger partial charge in [0.25, 0.3) is 5.91 Å². The lowest BCUT2D eigenvalue weighted by Crippen LogP contribution is -2.17. The number of aryl methyl sites for hydroxylation is 1. The molecule has 26 heavy (non-hydrogen) atoms. The molecule has 0 unspecified atom stereocenters. The molecule has 1 aromatic heterocycles. The van der Waals surface area contributed by atoms with Gasteiger partial charge in [-0.2, -0.15) is 5.10 Å². The number of nitrogens with zero attached hydrogens (tertiary/aromatic N) is 2. The van der Waals surface area contributed by atoms with Crippen LogP contribution < -0.4 is 14.8 Å². The van der Waals surface area contributed by atoms with E-state index in [1.54, 1.807) is 22.9 Å². The van der Waals surface area contributed by atoms with Gasteiger partial charge in [0.2, 0.25) is 0 Å². The molecule has 0 spiro atoms. The van der Waals surface area contributed by atoms with Crippen molar-refractivity contribution < 1.29 is 14.3 Å². The average molecular weight is 370 g/mol. The Labute approximate surface area is 155 Å². The Morgan fingerprint density at radius 2 is 2.12 bits per heavy atom. The summed E-state index contributed by atoms with van der Waals surface area (Å²) in [5.41, 5.74) is 3.36. The van der Waals surface area contributed by atoms with Crippen molar-refractivity contribution in [2.24, 2.45) is 7.05 Å². The van der Waals surface area contributed by atoms with Crippen molar-refractivity contribution in [3.05, 3.63) is 58.7 Å². The summed E-state index contributed by atoms with van der Waals surface area (Å²) in [5.74, 6) is 0.964. The summed E-state index contributed by atoms with van der Waals surface area (Å²) < 4.78 is 12.8. The van der Waals surface area contributed by atoms with Gasteiger partial charge in [-0.3, -0.25) is 9.48 Å². The number of carbonyl (C=O) groups is 1. The maximum atomic E-state index is 12.8. The molecule has 1 aliphatic heterocycles. The highest BCUT2D eigenvalue weighted by Gasteiger charge is 2.28. The van der Waals surface area contributed by atoms with Crippen LogP contribution >= 0.6 is 11.6 Å². The summed E-state index contributed by atoms with van der Waals surface area (Å²) in [6.45, 7) is 0.287. The lowest BCUT2D eigenvalue weighted by atomic mass is 10.0. The number of para-hydroxylation sites is 1. The number of ether oxygens (including phenoxy) is 2. The number of anilines is 1. The molecule has 132 valence electrons. The van der Waals surface area contributed by atoms with Crippen LogP contribution in [0.1, 0.15) is 16.1 Å². The van der Waals surface area contributed by atoms with Gasteiger partial charge >= 0.3 is 0 Å². The number of fused-ring (bicyclic) bond motifs is 3. The Kier molecular flexibility index (Phi) is 4.05. The zero-order valence-corrected chi connectivity index (χ0v) is 15.0. The minimum absolute atomic E-state index is 0.287. The number of methoxy groups -OCH3 is 1. The second-order valence-electron chi connectivity index (χ2n) is 5.88. The van der Waals surface area contributed by atoms with Gasteiger partial charge in [0, 0.05) is 23.2 Å². The number of rotatable bonds is 3. The SMILES string of the molecule is COc1ccc(Cl)cc1NC(=O)c1nn(C)c2c1COc1ccccc1-2. The van der Waals surface area contributed by atoms with Crippen molar-refractivity contribution >= 4 is 23.2 Å². The monoisotopic (exact) mass is 369 g/mol. The molecule has 0 radical (unpaired) electrons. The van der Waals surface area contributed by atoms with Gasteiger partial charge in [-0.05, 0) is 30.3 Å². The maximum absolute atomic E-state index is 12.8. The molecular formula is C19H16ClN3O3. The molecule has 1 N–H and O–H groups in total. The van der Waals surface area contributed by atoms with Gasteiger partial charge in [-0.15, -0.1) is 0 Å². The molecule has 0 saturated carbocycles. The summed E-state index contributed by atoms with van der Waals surface area (Å²) >= 11 is 6.03. The van der Waals surface area contributed by atoms with E-state index in [9.17, 15) is 4.79 Å². The fraction of sp³-hybridized carbons (Fsp3) is 0.158. The predicted molar refractivity (Wildman–Crippen MR) is 98.9 cm³/mol. The highest BCUT2D eigenvalue weighted by molar-refractivity contribution is 6.31. The van der Waals surface area contributed by atoms with Crippen molar-refractivity contribution in [3.8, 4) is 22.8 Å². The van der Waals surface area contributed by atoms with Crippen LogP contribution in [0, 0.1) is 0 Å². The van der Waals surface area contributed by atoms with E-state index < -0.39 is 0 Å². The van der Waals surface area contributed by atoms with E-state index in [2.05, 4.69) is 10.4 Å². The third kappa shape index (κ3) is 2.68. The number of halogens is 1. The quantitative estimate of drug-likeness (QED) is 0.760. The van der Waals surface area contributed by atoms with Crippen LogP contribution in [-0.4, -0.2) is 22.8 Å². The van der Waals surface area contributed by atoms with Crippen molar-refractivity contribution in [3.63, 3.8) is 0 Å². The van der Waals surface area contributed by atoms with Crippen LogP contribution in [0.5, 0.6) is 11.5 Å². The van der Waals surface area contributed by atoms with Crippen LogP contribution in [0.2, 0.25) is 5.02 Å². The first-order valence-electron chi connectivity index (χ1n) is 8.01. The Morgan fingerprint density at radius 3 is 2.92 bits per heavy atom. The van der Waals surface area contributed by atoms with Gasteiger partial charge in [-0.1, -0.05) is 23.7 Å². The molecule has 0 saturated heterocycles. The van der Waals surface area contributed by atoms with Gasteiger partial charge in [0.05, 0.1) is 18.5 Å². The van der Waals surface area contributed by atoms with Gasteiger partial charge in [0.1, 0.15) is 18.1 Å². The second-order valence-corrected chi connectivity index (χ2v) is 6.32. The Hall–Kier alpha value is -2.99. The van der Waals surface area contributed by atoms with Gasteiger partial charge in [0.15, 0.2) is 5.69 Å². The lowest BCUT2D eigenvalue weighted by Gasteiger charge is -2.18. The fourth-order valence-electron chi connectivity index (χ4n) is 3.12. The zero-order chi connectivity index (χ0) is 18.3. The number of amides is 1. The summed E-state index contributed by atoms with van der Waals surface area (Å²) in [7, 11) is 3.35. The zero-order valence-electron chi connectivity index (χ0n) is 14.2. The standard InChI is InChI=1S/C19H16ClN3O3/c1-23-18-12-5-3-4-6-15(12)26-10-13(18)17(22-23)19(24)21-14-9-11(20)7-8-16(14)25-2/h3-9H,10H2,1-2H3,(H,21,24). The first-order valence-corrected chi connectivity index (χ1v) is 8.39. The lowest BCUT2D eigenvalue weighted by molar-refractivity contribution is 0.101. The van der Waals surface area contributed by atoms with Crippen LogP contribution in [0.4, 0.5) is 5.69 Å². The number of hydrogen-bond donors (Lipinski definition) is 1. The highest BCUT2D eigenvalue weighted by Crippen LogP contribution is 2.38. The number of nitrogens with one attached hydrogen (secondary N) is 1. The topological polar surface area (TPSA) is 65.4 Å². The molecule has 2 aromatic carbocycles. The molecule has 6 nitrogen and oxygen atoms in total. The molecule has 0 aliphatic carbocycles. The molecule has 0 fully saturated rings. The second kappa shape index (κ2) is 6.38. The minimum Gasteiger partial charge on any atom is -0.495 e. The van der Waals surface area contributed by atoms with E-state index >= 15 is 0 Å². The molecule has 3 aromatic rings. The van der Waals surface area contributed by atoms with E-state index in [1.165, 1.54) is 7.11 Å². The van der Waals surface area contributed by atoms with Gasteiger partial charge < -0.3 is 14.8 Å². The van der Waals surface area contributed by atoms with Gasteiger partial charge in [-0.25, -0.2) is 0 Å². The molecule has 4 rings (SSSR count). The number of carbonyl (C=O) groups excluding carboxylic acids is 1. The molecule has 1 aliphatic rings. The molecule has 2 heterocycles. The van der Waals surface area contributed by atoms with Crippen molar-refractivity contribution in [2.45, 2.75) is 6.61 Å². The van der Waals surface area contributed by atoms with Crippen molar-refractivity contribution in [1.82, 2.24) is 9.78 Å². The fourth-order valence-corrected chi connectivity index (χ4v) is 3.29. The molecule has 0 atom stereocenters. The van der Waals surface area contributed by atoms with Crippen molar-refractivity contribution in [1.29, 1.82) is 0 Å². The number of benzene rings is 2. The maximum Gasteiger partial charge on any atom is 0.276 e. The van der Waals surface area contributed by atoms with E-state index in [0.29, 0.717) is 22.2 Å². The van der Waals surface area contributed by atoms with Crippen LogP contribution in [0.15, 0.2) is 42.5 Å². The largest absolute Gasteiger partial charge is 0.495 e. The Bertz CT molecular complexity index is 1010. The predicted octanol–water partition coefficient (Wildman–Crippen LogP) is 3.89. The average Bonchev–Trinajstić information content (AvgIpc) is 2.99.